The van der Waals surface area contributed by atoms with Crippen molar-refractivity contribution in [2.24, 2.45) is 4.99 Å². The van der Waals surface area contributed by atoms with Crippen LogP contribution in [0.1, 0.15) is 39.4 Å². The van der Waals surface area contributed by atoms with Crippen LogP contribution in [0.4, 0.5) is 17.1 Å². The van der Waals surface area contributed by atoms with E-state index < -0.39 is 0 Å². The van der Waals surface area contributed by atoms with E-state index >= 15 is 0 Å². The first kappa shape index (κ1) is 30.3. The fourth-order valence-electron chi connectivity index (χ4n) is 7.57. The van der Waals surface area contributed by atoms with Gasteiger partial charge in [-0.3, -0.25) is 4.99 Å². The molecular formula is C42H32N4OPt. The van der Waals surface area contributed by atoms with Gasteiger partial charge in [0.25, 0.3) is 0 Å². The number of aromatic nitrogens is 2. The number of rotatable bonds is 5. The van der Waals surface area contributed by atoms with Crippen molar-refractivity contribution in [3.05, 3.63) is 161 Å². The Kier molecular flexibility index (Phi) is 7.53. The standard InChI is InChI=1S/C42H32N4O.Pt/c1-26-21-27(2)41(28(3)22-26)45(31-13-10-12-30(23-31)42-44-40-33-14-5-4-11-29(33)24-38(40)47-42)32-18-19-35-34-15-6-7-16-36(34)46(37(35)25-32)39-17-8-9-20-43-39;/h4-22,38,40H,24H2,1-3H3;/q-2;+2/t38-,40+;/m1./s1. The topological polar surface area (TPSA) is 42.6 Å². The molecule has 0 saturated carbocycles. The smallest absolute Gasteiger partial charge is 0.514 e. The maximum atomic E-state index is 6.50. The van der Waals surface area contributed by atoms with Crippen molar-refractivity contribution in [1.29, 1.82) is 0 Å². The van der Waals surface area contributed by atoms with Crippen molar-refractivity contribution in [1.82, 2.24) is 9.55 Å². The van der Waals surface area contributed by atoms with Gasteiger partial charge in [-0.05, 0) is 72.3 Å². The number of aryl methyl sites for hydroxylation is 3. The number of fused-ring (bicyclic) bond motifs is 6. The number of hydrogen-bond donors (Lipinski definition) is 0. The first-order valence-electron chi connectivity index (χ1n) is 16.1. The van der Waals surface area contributed by atoms with E-state index in [0.29, 0.717) is 5.90 Å². The molecule has 0 unspecified atom stereocenters. The molecule has 5 aromatic carbocycles. The maximum Gasteiger partial charge on any atom is 2.00 e. The molecule has 2 aliphatic rings. The summed E-state index contributed by atoms with van der Waals surface area (Å²) in [5.74, 6) is 1.52. The Morgan fingerprint density at radius 2 is 1.54 bits per heavy atom. The van der Waals surface area contributed by atoms with Gasteiger partial charge >= 0.3 is 21.1 Å². The van der Waals surface area contributed by atoms with Crippen LogP contribution in [0.3, 0.4) is 0 Å². The number of aliphatic imine (C=N–C) groups is 1. The molecule has 3 heterocycles. The molecule has 48 heavy (non-hydrogen) atoms. The van der Waals surface area contributed by atoms with E-state index in [1.54, 1.807) is 0 Å². The molecule has 1 aliphatic carbocycles. The molecule has 1 aliphatic heterocycles. The number of pyridine rings is 1. The summed E-state index contributed by atoms with van der Waals surface area (Å²) >= 11 is 0. The summed E-state index contributed by atoms with van der Waals surface area (Å²) in [7, 11) is 0. The van der Waals surface area contributed by atoms with Crippen molar-refractivity contribution >= 4 is 44.8 Å². The Bertz CT molecular complexity index is 2350. The summed E-state index contributed by atoms with van der Waals surface area (Å²) in [6, 6.07) is 45.7. The van der Waals surface area contributed by atoms with Crippen molar-refractivity contribution < 1.29 is 25.8 Å². The summed E-state index contributed by atoms with van der Waals surface area (Å²) in [4.78, 5) is 12.1. The van der Waals surface area contributed by atoms with E-state index in [-0.39, 0.29) is 33.2 Å². The van der Waals surface area contributed by atoms with Gasteiger partial charge in [0.1, 0.15) is 23.9 Å². The Morgan fingerprint density at radius 1 is 0.771 bits per heavy atom. The van der Waals surface area contributed by atoms with Gasteiger partial charge in [-0.15, -0.1) is 41.8 Å². The molecule has 2 aromatic heterocycles. The molecular weight excluding hydrogens is 772 g/mol. The van der Waals surface area contributed by atoms with Crippen LogP contribution < -0.4 is 4.90 Å². The van der Waals surface area contributed by atoms with Crippen LogP contribution >= 0.6 is 0 Å². The minimum atomic E-state index is 0. The molecule has 0 radical (unpaired) electrons. The Labute approximate surface area is 294 Å². The van der Waals surface area contributed by atoms with Crippen molar-refractivity contribution in [2.45, 2.75) is 39.3 Å². The van der Waals surface area contributed by atoms with E-state index in [1.165, 1.54) is 33.2 Å². The van der Waals surface area contributed by atoms with Crippen LogP contribution in [0.15, 0.2) is 120 Å². The van der Waals surface area contributed by atoms with Gasteiger partial charge in [-0.1, -0.05) is 83.0 Å². The second-order valence-electron chi connectivity index (χ2n) is 12.6. The van der Waals surface area contributed by atoms with Crippen LogP contribution in [0.5, 0.6) is 0 Å². The van der Waals surface area contributed by atoms with Gasteiger partial charge in [0.2, 0.25) is 0 Å². The van der Waals surface area contributed by atoms with Gasteiger partial charge < -0.3 is 14.2 Å². The number of nitrogens with zero attached hydrogens (tertiary/aromatic N) is 4. The molecule has 5 nitrogen and oxygen atoms in total. The zero-order valence-corrected chi connectivity index (χ0v) is 29.1. The van der Waals surface area contributed by atoms with Crippen LogP contribution in [-0.4, -0.2) is 21.6 Å². The molecule has 7 aromatic rings. The van der Waals surface area contributed by atoms with Gasteiger partial charge in [-0.2, -0.15) is 6.07 Å². The molecule has 0 bridgehead atoms. The van der Waals surface area contributed by atoms with Crippen LogP contribution in [0, 0.1) is 32.9 Å². The second-order valence-corrected chi connectivity index (χ2v) is 12.6. The number of para-hydroxylation sites is 1. The first-order valence-corrected chi connectivity index (χ1v) is 16.1. The molecule has 2 atom stereocenters. The van der Waals surface area contributed by atoms with Gasteiger partial charge in [0.05, 0.1) is 0 Å². The van der Waals surface area contributed by atoms with Gasteiger partial charge in [-0.25, -0.2) is 4.98 Å². The number of ether oxygens (including phenoxy) is 1. The third kappa shape index (κ3) is 4.88. The second kappa shape index (κ2) is 11.9. The quantitative estimate of drug-likeness (QED) is 0.163. The van der Waals surface area contributed by atoms with E-state index in [1.807, 2.05) is 30.5 Å². The minimum absolute atomic E-state index is 0. The fourth-order valence-corrected chi connectivity index (χ4v) is 7.57. The molecule has 236 valence electrons. The normalized spacial score (nSPS) is 16.3. The zero-order chi connectivity index (χ0) is 31.6. The first-order chi connectivity index (χ1) is 23.0. The predicted molar refractivity (Wildman–Crippen MR) is 189 cm³/mol. The predicted octanol–water partition coefficient (Wildman–Crippen LogP) is 9.61. The molecule has 0 spiro atoms. The Morgan fingerprint density at radius 3 is 2.38 bits per heavy atom. The van der Waals surface area contributed by atoms with Gasteiger partial charge in [0, 0.05) is 23.8 Å². The third-order valence-electron chi connectivity index (χ3n) is 9.46. The van der Waals surface area contributed by atoms with E-state index in [2.05, 4.69) is 127 Å². The van der Waals surface area contributed by atoms with Crippen LogP contribution in [-0.2, 0) is 32.2 Å². The SMILES string of the molecule is Cc1cc(C)c(N(c2[c-]c(C3=N[C@H]4c5ccccc5C[C@H]4O3)ccc2)c2[c-]c3c(cc2)c2ccccc2n3-c2ccccn2)c(C)c1.[Pt+2]. The van der Waals surface area contributed by atoms with Crippen LogP contribution in [0.2, 0.25) is 0 Å². The monoisotopic (exact) mass is 803 g/mol. The molecule has 0 amide bonds. The molecule has 0 N–H and O–H groups in total. The Balaban J connectivity index is 0.00000336. The summed E-state index contributed by atoms with van der Waals surface area (Å²) in [5.41, 5.74) is 12.0. The molecule has 0 saturated heterocycles. The summed E-state index contributed by atoms with van der Waals surface area (Å²) < 4.78 is 8.71. The Hall–Kier alpha value is -4.99. The summed E-state index contributed by atoms with van der Waals surface area (Å²) in [6.45, 7) is 6.51. The van der Waals surface area contributed by atoms with Crippen molar-refractivity contribution in [3.8, 4) is 5.82 Å². The molecule has 9 rings (SSSR count). The number of hydrogen-bond acceptors (Lipinski definition) is 4. The van der Waals surface area contributed by atoms with Crippen LogP contribution in [0.25, 0.3) is 27.6 Å². The molecule has 6 heteroatoms. The maximum absolute atomic E-state index is 6.50. The number of anilines is 3. The number of benzene rings is 5. The summed E-state index contributed by atoms with van der Waals surface area (Å²) in [6.07, 6.45) is 2.74. The minimum Gasteiger partial charge on any atom is -0.514 e. The van der Waals surface area contributed by atoms with E-state index in [0.717, 1.165) is 51.3 Å². The average molecular weight is 804 g/mol. The van der Waals surface area contributed by atoms with E-state index in [9.17, 15) is 0 Å². The van der Waals surface area contributed by atoms with E-state index in [4.69, 9.17) is 14.7 Å². The van der Waals surface area contributed by atoms with Crippen molar-refractivity contribution in [3.63, 3.8) is 0 Å². The summed E-state index contributed by atoms with van der Waals surface area (Å²) in [5, 5.41) is 2.30. The molecule has 0 fully saturated rings. The van der Waals surface area contributed by atoms with Gasteiger partial charge in [0.15, 0.2) is 0 Å². The average Bonchev–Trinajstić information content (AvgIpc) is 3.76. The zero-order valence-electron chi connectivity index (χ0n) is 26.8. The third-order valence-corrected chi connectivity index (χ3v) is 9.46. The van der Waals surface area contributed by atoms with Crippen molar-refractivity contribution in [2.75, 3.05) is 4.90 Å². The largest absolute Gasteiger partial charge is 2.00 e. The fraction of sp³-hybridized carbons (Fsp3) is 0.143.